The number of benzene rings is 1. The summed E-state index contributed by atoms with van der Waals surface area (Å²) in [5.74, 6) is 1.32. The van der Waals surface area contributed by atoms with Crippen molar-refractivity contribution >= 4 is 17.2 Å². The maximum absolute atomic E-state index is 6.00. The molecule has 0 amide bonds. The van der Waals surface area contributed by atoms with Crippen molar-refractivity contribution in [2.45, 2.75) is 33.1 Å². The maximum atomic E-state index is 6.00. The molecular weight excluding hydrogens is 280 g/mol. The van der Waals surface area contributed by atoms with E-state index in [9.17, 15) is 0 Å². The number of ether oxygens (including phenoxy) is 1. The van der Waals surface area contributed by atoms with Crippen LogP contribution >= 0.6 is 12.2 Å². The number of aromatic nitrogens is 1. The number of nitrogens with two attached hydrogens (primary N) is 1. The topological polar surface area (TPSA) is 48.1 Å². The van der Waals surface area contributed by atoms with Crippen molar-refractivity contribution in [3.05, 3.63) is 52.2 Å². The van der Waals surface area contributed by atoms with Crippen molar-refractivity contribution < 1.29 is 4.74 Å². The Labute approximate surface area is 130 Å². The number of fused-ring (bicyclic) bond motifs is 1. The molecule has 1 aromatic heterocycles. The molecule has 2 aromatic rings. The minimum Gasteiger partial charge on any atom is -0.438 e. The highest BCUT2D eigenvalue weighted by molar-refractivity contribution is 7.80. The molecule has 1 heterocycles. The molecule has 0 saturated carbocycles. The monoisotopic (exact) mass is 298 g/mol. The van der Waals surface area contributed by atoms with Gasteiger partial charge < -0.3 is 10.5 Å². The first-order valence-corrected chi connectivity index (χ1v) is 7.53. The summed E-state index contributed by atoms with van der Waals surface area (Å²) < 4.78 is 6.00. The minimum atomic E-state index is 0.331. The van der Waals surface area contributed by atoms with Crippen LogP contribution in [0.3, 0.4) is 0 Å². The van der Waals surface area contributed by atoms with E-state index in [1.807, 2.05) is 25.1 Å². The lowest BCUT2D eigenvalue weighted by atomic mass is 10.1. The van der Waals surface area contributed by atoms with Crippen molar-refractivity contribution in [1.29, 1.82) is 0 Å². The largest absolute Gasteiger partial charge is 0.438 e. The maximum Gasteiger partial charge on any atom is 0.229 e. The molecule has 4 heteroatoms. The third kappa shape index (κ3) is 2.76. The Hall–Kier alpha value is -1.94. The van der Waals surface area contributed by atoms with Crippen LogP contribution in [0.1, 0.15) is 34.4 Å². The average Bonchev–Trinajstić information content (AvgIpc) is 2.88. The molecule has 1 aromatic carbocycles. The number of nitrogens with zero attached hydrogens (tertiary/aromatic N) is 1. The number of hydrogen-bond donors (Lipinski definition) is 1. The molecule has 0 fully saturated rings. The first-order chi connectivity index (χ1) is 10.0. The van der Waals surface area contributed by atoms with Gasteiger partial charge in [0.2, 0.25) is 5.88 Å². The Balaban J connectivity index is 2.03. The van der Waals surface area contributed by atoms with Crippen LogP contribution in [0.25, 0.3) is 0 Å². The van der Waals surface area contributed by atoms with E-state index in [1.165, 1.54) is 11.1 Å². The highest BCUT2D eigenvalue weighted by atomic mass is 32.1. The smallest absolute Gasteiger partial charge is 0.229 e. The van der Waals surface area contributed by atoms with E-state index >= 15 is 0 Å². The predicted octanol–water partition coefficient (Wildman–Crippen LogP) is 3.61. The van der Waals surface area contributed by atoms with E-state index in [0.29, 0.717) is 10.9 Å². The van der Waals surface area contributed by atoms with Gasteiger partial charge in [0.25, 0.3) is 0 Å². The molecule has 108 valence electrons. The van der Waals surface area contributed by atoms with Gasteiger partial charge in [-0.1, -0.05) is 29.9 Å². The van der Waals surface area contributed by atoms with Crippen molar-refractivity contribution in [2.24, 2.45) is 5.73 Å². The average molecular weight is 298 g/mol. The van der Waals surface area contributed by atoms with Crippen LogP contribution in [-0.4, -0.2) is 9.97 Å². The predicted molar refractivity (Wildman–Crippen MR) is 88.1 cm³/mol. The lowest BCUT2D eigenvalue weighted by molar-refractivity contribution is 0.456. The molecule has 0 spiro atoms. The molecule has 21 heavy (non-hydrogen) atoms. The number of aryl methyl sites for hydroxylation is 4. The Morgan fingerprint density at radius 1 is 1.24 bits per heavy atom. The first kappa shape index (κ1) is 14.0. The summed E-state index contributed by atoms with van der Waals surface area (Å²) in [5, 5.41) is 0. The van der Waals surface area contributed by atoms with E-state index < -0.39 is 0 Å². The normalized spacial score (nSPS) is 13.0. The van der Waals surface area contributed by atoms with Crippen molar-refractivity contribution in [3.63, 3.8) is 0 Å². The van der Waals surface area contributed by atoms with Crippen LogP contribution in [0.2, 0.25) is 0 Å². The van der Waals surface area contributed by atoms with Gasteiger partial charge in [-0.3, -0.25) is 0 Å². The van der Waals surface area contributed by atoms with Gasteiger partial charge in [0.1, 0.15) is 10.7 Å². The van der Waals surface area contributed by atoms with E-state index in [4.69, 9.17) is 22.7 Å². The van der Waals surface area contributed by atoms with Crippen LogP contribution < -0.4 is 10.5 Å². The number of hydrogen-bond acceptors (Lipinski definition) is 3. The zero-order chi connectivity index (χ0) is 15.0. The van der Waals surface area contributed by atoms with Gasteiger partial charge in [0, 0.05) is 5.69 Å². The zero-order valence-corrected chi connectivity index (χ0v) is 13.1. The van der Waals surface area contributed by atoms with Crippen molar-refractivity contribution in [1.82, 2.24) is 4.98 Å². The van der Waals surface area contributed by atoms with Crippen molar-refractivity contribution in [2.75, 3.05) is 0 Å². The SMILES string of the molecule is Cc1ccc(Oc2nc3c(cc2C(N)=S)CCC3)c(C)c1. The summed E-state index contributed by atoms with van der Waals surface area (Å²) in [4.78, 5) is 4.97. The van der Waals surface area contributed by atoms with Gasteiger partial charge in [0.15, 0.2) is 0 Å². The number of rotatable bonds is 3. The molecule has 3 nitrogen and oxygen atoms in total. The molecule has 0 saturated heterocycles. The van der Waals surface area contributed by atoms with Gasteiger partial charge in [-0.05, 0) is 56.4 Å². The van der Waals surface area contributed by atoms with Gasteiger partial charge in [-0.2, -0.15) is 0 Å². The third-order valence-electron chi connectivity index (χ3n) is 3.82. The number of pyridine rings is 1. The molecule has 0 unspecified atom stereocenters. The summed E-state index contributed by atoms with van der Waals surface area (Å²) in [6, 6.07) is 8.11. The zero-order valence-electron chi connectivity index (χ0n) is 12.3. The third-order valence-corrected chi connectivity index (χ3v) is 4.04. The van der Waals surface area contributed by atoms with Gasteiger partial charge in [-0.15, -0.1) is 0 Å². The lowest BCUT2D eigenvalue weighted by Crippen LogP contribution is -2.13. The molecule has 0 aliphatic heterocycles. The Morgan fingerprint density at radius 2 is 2.05 bits per heavy atom. The summed E-state index contributed by atoms with van der Waals surface area (Å²) in [6.07, 6.45) is 3.17. The molecule has 1 aliphatic carbocycles. The van der Waals surface area contributed by atoms with E-state index in [1.54, 1.807) is 0 Å². The fraction of sp³-hybridized carbons (Fsp3) is 0.294. The second-order valence-electron chi connectivity index (χ2n) is 5.54. The fourth-order valence-electron chi connectivity index (χ4n) is 2.73. The van der Waals surface area contributed by atoms with Crippen LogP contribution in [0, 0.1) is 13.8 Å². The van der Waals surface area contributed by atoms with Gasteiger partial charge in [0.05, 0.1) is 5.56 Å². The van der Waals surface area contributed by atoms with Gasteiger partial charge >= 0.3 is 0 Å². The van der Waals surface area contributed by atoms with Crippen molar-refractivity contribution in [3.8, 4) is 11.6 Å². The standard InChI is InChI=1S/C17H18N2OS/c1-10-6-7-15(11(2)8-10)20-17-13(16(18)21)9-12-4-3-5-14(12)19-17/h6-9H,3-5H2,1-2H3,(H2,18,21). The van der Waals surface area contributed by atoms with E-state index in [0.717, 1.165) is 41.8 Å². The Morgan fingerprint density at radius 3 is 2.76 bits per heavy atom. The summed E-state index contributed by atoms with van der Waals surface area (Å²) in [7, 11) is 0. The lowest BCUT2D eigenvalue weighted by Gasteiger charge is -2.13. The second-order valence-corrected chi connectivity index (χ2v) is 5.98. The molecule has 1 aliphatic rings. The molecule has 0 atom stereocenters. The highest BCUT2D eigenvalue weighted by Gasteiger charge is 2.19. The Bertz CT molecular complexity index is 725. The van der Waals surface area contributed by atoms with E-state index in [2.05, 4.69) is 18.0 Å². The first-order valence-electron chi connectivity index (χ1n) is 7.12. The summed E-state index contributed by atoms with van der Waals surface area (Å²) in [5.41, 5.74) is 11.2. The van der Waals surface area contributed by atoms with E-state index in [-0.39, 0.29) is 0 Å². The second kappa shape index (κ2) is 5.45. The highest BCUT2D eigenvalue weighted by Crippen LogP contribution is 2.31. The van der Waals surface area contributed by atoms with Crippen LogP contribution in [0.15, 0.2) is 24.3 Å². The van der Waals surface area contributed by atoms with Gasteiger partial charge in [-0.25, -0.2) is 4.98 Å². The number of thiocarbonyl (C=S) groups is 1. The molecule has 2 N–H and O–H groups in total. The van der Waals surface area contributed by atoms with Crippen LogP contribution in [0.5, 0.6) is 11.6 Å². The molecule has 0 bridgehead atoms. The minimum absolute atomic E-state index is 0.331. The quantitative estimate of drug-likeness (QED) is 0.879. The Kier molecular flexibility index (Phi) is 3.64. The fourth-order valence-corrected chi connectivity index (χ4v) is 2.87. The molecule has 3 rings (SSSR count). The van der Waals surface area contributed by atoms with Crippen LogP contribution in [0.4, 0.5) is 0 Å². The molecule has 0 radical (unpaired) electrons. The summed E-state index contributed by atoms with van der Waals surface area (Å²) in [6.45, 7) is 4.08. The molecular formula is C17H18N2OS. The summed E-state index contributed by atoms with van der Waals surface area (Å²) >= 11 is 5.15. The van der Waals surface area contributed by atoms with Crippen LogP contribution in [-0.2, 0) is 12.8 Å².